The summed E-state index contributed by atoms with van der Waals surface area (Å²) in [7, 11) is 0. The van der Waals surface area contributed by atoms with Gasteiger partial charge in [0, 0.05) is 11.3 Å². The third kappa shape index (κ3) is 1.67. The summed E-state index contributed by atoms with van der Waals surface area (Å²) in [6.07, 6.45) is 4.38. The zero-order chi connectivity index (χ0) is 17.6. The molecule has 3 saturated carbocycles. The SMILES string of the molecule is C=C1C(=O)[C@]23C[C@H]1CC[C@@H]2[C@@]1(CCC[C@@]2(C)CO[C@@H](O)[C@@H]21)COC3=O. The van der Waals surface area contributed by atoms with Crippen LogP contribution in [0.5, 0.6) is 0 Å². The van der Waals surface area contributed by atoms with Gasteiger partial charge in [0.15, 0.2) is 12.1 Å². The predicted molar refractivity (Wildman–Crippen MR) is 88.2 cm³/mol. The van der Waals surface area contributed by atoms with Gasteiger partial charge in [0.05, 0.1) is 13.2 Å². The Bertz CT molecular complexity index is 682. The Morgan fingerprint density at radius 1 is 1.20 bits per heavy atom. The molecule has 5 rings (SSSR count). The Balaban J connectivity index is 1.67. The average Bonchev–Trinajstić information content (AvgIpc) is 3.01. The molecule has 0 amide bonds. The van der Waals surface area contributed by atoms with Gasteiger partial charge in [-0.2, -0.15) is 0 Å². The maximum atomic E-state index is 13.1. The van der Waals surface area contributed by atoms with E-state index in [0.29, 0.717) is 25.2 Å². The van der Waals surface area contributed by atoms with E-state index in [1.54, 1.807) is 0 Å². The number of aliphatic hydroxyl groups is 1. The van der Waals surface area contributed by atoms with Gasteiger partial charge in [-0.25, -0.2) is 0 Å². The zero-order valence-corrected chi connectivity index (χ0v) is 14.8. The first-order valence-corrected chi connectivity index (χ1v) is 9.56. The van der Waals surface area contributed by atoms with Crippen molar-refractivity contribution in [3.63, 3.8) is 0 Å². The van der Waals surface area contributed by atoms with Gasteiger partial charge in [0.25, 0.3) is 0 Å². The third-order valence-corrected chi connectivity index (χ3v) is 8.32. The van der Waals surface area contributed by atoms with Crippen LogP contribution in [0.1, 0.15) is 45.4 Å². The van der Waals surface area contributed by atoms with Gasteiger partial charge in [-0.05, 0) is 54.9 Å². The van der Waals surface area contributed by atoms with Crippen LogP contribution < -0.4 is 0 Å². The summed E-state index contributed by atoms with van der Waals surface area (Å²) in [5.41, 5.74) is -0.919. The Hall–Kier alpha value is -1.20. The fourth-order valence-corrected chi connectivity index (χ4v) is 7.33. The summed E-state index contributed by atoms with van der Waals surface area (Å²) in [6.45, 7) is 7.02. The quantitative estimate of drug-likeness (QED) is 0.414. The van der Waals surface area contributed by atoms with Crippen LogP contribution in [0.4, 0.5) is 0 Å². The lowest BCUT2D eigenvalue weighted by Crippen LogP contribution is -2.64. The number of ketones is 1. The number of cyclic esters (lactones) is 1. The van der Waals surface area contributed by atoms with Crippen LogP contribution in [0, 0.1) is 34.0 Å². The van der Waals surface area contributed by atoms with Gasteiger partial charge >= 0.3 is 5.97 Å². The van der Waals surface area contributed by atoms with Gasteiger partial charge in [-0.1, -0.05) is 19.9 Å². The molecule has 2 bridgehead atoms. The lowest BCUT2D eigenvalue weighted by atomic mass is 9.45. The lowest BCUT2D eigenvalue weighted by Gasteiger charge is -2.60. The Morgan fingerprint density at radius 2 is 2.00 bits per heavy atom. The molecule has 2 spiro atoms. The summed E-state index contributed by atoms with van der Waals surface area (Å²) in [6, 6.07) is 0. The van der Waals surface area contributed by atoms with Crippen molar-refractivity contribution in [2.45, 2.75) is 51.7 Å². The van der Waals surface area contributed by atoms with E-state index in [4.69, 9.17) is 9.47 Å². The number of hydrogen-bond acceptors (Lipinski definition) is 5. The summed E-state index contributed by atoms with van der Waals surface area (Å²) in [4.78, 5) is 26.0. The van der Waals surface area contributed by atoms with Crippen molar-refractivity contribution in [2.75, 3.05) is 13.2 Å². The summed E-state index contributed by atoms with van der Waals surface area (Å²) < 4.78 is 11.4. The van der Waals surface area contributed by atoms with E-state index in [1.807, 2.05) is 0 Å². The van der Waals surface area contributed by atoms with Crippen LogP contribution >= 0.6 is 0 Å². The van der Waals surface area contributed by atoms with E-state index in [1.165, 1.54) is 0 Å². The van der Waals surface area contributed by atoms with E-state index in [2.05, 4.69) is 13.5 Å². The van der Waals surface area contributed by atoms with E-state index >= 15 is 0 Å². The molecule has 136 valence electrons. The maximum Gasteiger partial charge on any atom is 0.320 e. The van der Waals surface area contributed by atoms with Crippen molar-refractivity contribution < 1.29 is 24.2 Å². The Kier molecular flexibility index (Phi) is 3.04. The maximum absolute atomic E-state index is 13.1. The van der Waals surface area contributed by atoms with Gasteiger partial charge in [-0.3, -0.25) is 9.59 Å². The molecule has 1 N–H and O–H groups in total. The first-order valence-electron chi connectivity index (χ1n) is 9.56. The number of carbonyl (C=O) groups is 2. The van der Waals surface area contributed by atoms with E-state index < -0.39 is 11.7 Å². The van der Waals surface area contributed by atoms with E-state index in [-0.39, 0.29) is 40.3 Å². The number of fused-ring (bicyclic) bond motifs is 4. The molecule has 7 atom stereocenters. The highest BCUT2D eigenvalue weighted by Gasteiger charge is 2.73. The van der Waals surface area contributed by atoms with Crippen LogP contribution in [0.25, 0.3) is 0 Å². The van der Waals surface area contributed by atoms with Crippen molar-refractivity contribution in [1.29, 1.82) is 0 Å². The normalized spacial score (nSPS) is 54.4. The van der Waals surface area contributed by atoms with Gasteiger partial charge in [0.1, 0.15) is 5.41 Å². The van der Waals surface area contributed by atoms with Crippen molar-refractivity contribution in [1.82, 2.24) is 0 Å². The predicted octanol–water partition coefficient (Wildman–Crippen LogP) is 2.23. The van der Waals surface area contributed by atoms with E-state index in [0.717, 1.165) is 32.1 Å². The number of ether oxygens (including phenoxy) is 2. The molecule has 5 heteroatoms. The van der Waals surface area contributed by atoms with Crippen LogP contribution in [0.3, 0.4) is 0 Å². The molecule has 5 nitrogen and oxygen atoms in total. The fraction of sp³-hybridized carbons (Fsp3) is 0.800. The summed E-state index contributed by atoms with van der Waals surface area (Å²) in [5, 5.41) is 10.7. The minimum Gasteiger partial charge on any atom is -0.464 e. The number of carbonyl (C=O) groups excluding carboxylic acids is 2. The van der Waals surface area contributed by atoms with Crippen LogP contribution in [-0.4, -0.2) is 36.4 Å². The lowest BCUT2D eigenvalue weighted by molar-refractivity contribution is -0.225. The van der Waals surface area contributed by atoms with Crippen molar-refractivity contribution >= 4 is 11.8 Å². The van der Waals surface area contributed by atoms with Crippen LogP contribution in [0.15, 0.2) is 12.2 Å². The number of aliphatic hydroxyl groups excluding tert-OH is 1. The highest BCUT2D eigenvalue weighted by molar-refractivity contribution is 6.15. The number of esters is 1. The fourth-order valence-electron chi connectivity index (χ4n) is 7.33. The monoisotopic (exact) mass is 346 g/mol. The minimum atomic E-state index is -1.06. The van der Waals surface area contributed by atoms with Crippen molar-refractivity contribution in [2.24, 2.45) is 34.0 Å². The molecule has 2 heterocycles. The number of rotatable bonds is 0. The third-order valence-electron chi connectivity index (χ3n) is 8.32. The molecule has 0 aromatic carbocycles. The molecular formula is C20H26O5. The second-order valence-electron chi connectivity index (χ2n) is 9.35. The van der Waals surface area contributed by atoms with Gasteiger partial charge < -0.3 is 14.6 Å². The van der Waals surface area contributed by atoms with Gasteiger partial charge in [-0.15, -0.1) is 0 Å². The molecule has 2 saturated heterocycles. The molecule has 3 aliphatic carbocycles. The second kappa shape index (κ2) is 4.74. The molecule has 25 heavy (non-hydrogen) atoms. The second-order valence-corrected chi connectivity index (χ2v) is 9.35. The molecular weight excluding hydrogens is 320 g/mol. The van der Waals surface area contributed by atoms with E-state index in [9.17, 15) is 14.7 Å². The summed E-state index contributed by atoms with van der Waals surface area (Å²) >= 11 is 0. The minimum absolute atomic E-state index is 0.0646. The molecule has 0 aromatic heterocycles. The standard InChI is InChI=1S/C20H26O5/c1-11-12-4-5-13-19(10-25-17(23)20(13,8-12)15(11)21)7-3-6-18(2)9-24-16(22)14(18)19/h12-14,16,22H,1,3-10H2,2H3/t12-,13-,14+,16-,18+,19-,20+/m1/s1. The Labute approximate surface area is 147 Å². The smallest absolute Gasteiger partial charge is 0.320 e. The highest BCUT2D eigenvalue weighted by atomic mass is 16.6. The van der Waals surface area contributed by atoms with Crippen molar-refractivity contribution in [3.05, 3.63) is 12.2 Å². The Morgan fingerprint density at radius 3 is 2.80 bits per heavy atom. The molecule has 0 radical (unpaired) electrons. The molecule has 0 aromatic rings. The van der Waals surface area contributed by atoms with Crippen LogP contribution in [0.2, 0.25) is 0 Å². The van der Waals surface area contributed by atoms with Gasteiger partial charge in [0.2, 0.25) is 0 Å². The van der Waals surface area contributed by atoms with Crippen molar-refractivity contribution in [3.8, 4) is 0 Å². The molecule has 5 fully saturated rings. The first-order chi connectivity index (χ1) is 11.9. The number of Topliss-reactive ketones (excluding diaryl/α,β-unsaturated/α-hetero) is 1. The molecule has 2 aliphatic heterocycles. The topological polar surface area (TPSA) is 72.8 Å². The highest BCUT2D eigenvalue weighted by Crippen LogP contribution is 2.69. The first kappa shape index (κ1) is 16.0. The number of hydrogen-bond donors (Lipinski definition) is 1. The molecule has 5 aliphatic rings. The number of allylic oxidation sites excluding steroid dienone is 1. The average molecular weight is 346 g/mol. The molecule has 0 unspecified atom stereocenters. The zero-order valence-electron chi connectivity index (χ0n) is 14.8. The van der Waals surface area contributed by atoms with Crippen LogP contribution in [-0.2, 0) is 19.1 Å². The largest absolute Gasteiger partial charge is 0.464 e. The summed E-state index contributed by atoms with van der Waals surface area (Å²) in [5.74, 6) is -0.472.